The number of aromatic nitrogens is 1. The van der Waals surface area contributed by atoms with Crippen LogP contribution in [0.4, 0.5) is 0 Å². The first kappa shape index (κ1) is 24.9. The summed E-state index contributed by atoms with van der Waals surface area (Å²) in [5, 5.41) is 3.39. The number of hydrogen-bond acceptors (Lipinski definition) is 4. The second-order valence-corrected chi connectivity index (χ2v) is 8.52. The SMILES string of the molecule is O=C(NCc1ccncc1)[C@@H](c1ccccc1)N(Cc1ccccc1)C(=O)COc1ccccc1Cl. The molecule has 6 nitrogen and oxygen atoms in total. The van der Waals surface area contributed by atoms with E-state index in [0.717, 1.165) is 11.1 Å². The van der Waals surface area contributed by atoms with E-state index < -0.39 is 6.04 Å². The van der Waals surface area contributed by atoms with Crippen molar-refractivity contribution in [3.63, 3.8) is 0 Å². The molecular formula is C29H26ClN3O3. The standard InChI is InChI=1S/C29H26ClN3O3/c30-25-13-7-8-14-26(25)36-21-27(34)33(20-23-9-3-1-4-10-23)28(24-11-5-2-6-12-24)29(35)32-19-22-15-17-31-18-16-22/h1-18,28H,19-21H2,(H,32,35)/t28-/m1/s1. The van der Waals surface area contributed by atoms with Crippen LogP contribution in [0.1, 0.15) is 22.7 Å². The minimum Gasteiger partial charge on any atom is -0.482 e. The summed E-state index contributed by atoms with van der Waals surface area (Å²) in [6.45, 7) is 0.277. The molecule has 1 heterocycles. The van der Waals surface area contributed by atoms with Crippen molar-refractivity contribution in [1.82, 2.24) is 15.2 Å². The van der Waals surface area contributed by atoms with E-state index in [9.17, 15) is 9.59 Å². The number of amides is 2. The van der Waals surface area contributed by atoms with Gasteiger partial charge in [0.05, 0.1) is 5.02 Å². The molecule has 0 saturated carbocycles. The van der Waals surface area contributed by atoms with Crippen molar-refractivity contribution < 1.29 is 14.3 Å². The molecule has 0 aliphatic rings. The molecule has 0 aliphatic carbocycles. The van der Waals surface area contributed by atoms with Crippen LogP contribution in [0.25, 0.3) is 0 Å². The van der Waals surface area contributed by atoms with E-state index in [2.05, 4.69) is 10.3 Å². The van der Waals surface area contributed by atoms with Crippen LogP contribution >= 0.6 is 11.6 Å². The second-order valence-electron chi connectivity index (χ2n) is 8.11. The summed E-state index contributed by atoms with van der Waals surface area (Å²) in [5.41, 5.74) is 2.51. The van der Waals surface area contributed by atoms with Crippen molar-refractivity contribution >= 4 is 23.4 Å². The molecule has 36 heavy (non-hydrogen) atoms. The van der Waals surface area contributed by atoms with Crippen molar-refractivity contribution in [2.45, 2.75) is 19.1 Å². The van der Waals surface area contributed by atoms with Gasteiger partial charge in [0, 0.05) is 25.5 Å². The van der Waals surface area contributed by atoms with E-state index in [-0.39, 0.29) is 25.0 Å². The molecule has 7 heteroatoms. The zero-order chi connectivity index (χ0) is 25.2. The maximum Gasteiger partial charge on any atom is 0.261 e. The quantitative estimate of drug-likeness (QED) is 0.325. The lowest BCUT2D eigenvalue weighted by atomic mass is 10.0. The van der Waals surface area contributed by atoms with Crippen LogP contribution < -0.4 is 10.1 Å². The Balaban J connectivity index is 1.62. The Morgan fingerprint density at radius 3 is 2.17 bits per heavy atom. The number of nitrogens with one attached hydrogen (secondary N) is 1. The predicted octanol–water partition coefficient (Wildman–Crippen LogP) is 5.20. The summed E-state index contributed by atoms with van der Waals surface area (Å²) in [7, 11) is 0. The van der Waals surface area contributed by atoms with Crippen LogP contribution in [0.15, 0.2) is 109 Å². The number of rotatable bonds is 10. The highest BCUT2D eigenvalue weighted by molar-refractivity contribution is 6.32. The van der Waals surface area contributed by atoms with E-state index in [1.807, 2.05) is 72.8 Å². The summed E-state index contributed by atoms with van der Waals surface area (Å²) in [6, 6.07) is 28.6. The predicted molar refractivity (Wildman–Crippen MR) is 139 cm³/mol. The number of para-hydroxylation sites is 1. The third kappa shape index (κ3) is 6.71. The number of hydrogen-bond donors (Lipinski definition) is 1. The van der Waals surface area contributed by atoms with Gasteiger partial charge in [-0.15, -0.1) is 0 Å². The Kier molecular flexibility index (Phi) is 8.67. The summed E-state index contributed by atoms with van der Waals surface area (Å²) < 4.78 is 5.75. The van der Waals surface area contributed by atoms with Crippen molar-refractivity contribution in [2.24, 2.45) is 0 Å². The maximum absolute atomic E-state index is 13.6. The summed E-state index contributed by atoms with van der Waals surface area (Å²) in [6.07, 6.45) is 3.35. The highest BCUT2D eigenvalue weighted by Crippen LogP contribution is 2.26. The number of ether oxygens (including phenoxy) is 1. The fraction of sp³-hybridized carbons (Fsp3) is 0.138. The van der Waals surface area contributed by atoms with Gasteiger partial charge in [0.2, 0.25) is 5.91 Å². The lowest BCUT2D eigenvalue weighted by Crippen LogP contribution is -2.45. The van der Waals surface area contributed by atoms with Gasteiger partial charge in [0.15, 0.2) is 6.61 Å². The van der Waals surface area contributed by atoms with Gasteiger partial charge in [-0.2, -0.15) is 0 Å². The van der Waals surface area contributed by atoms with Gasteiger partial charge in [-0.05, 0) is 41.0 Å². The van der Waals surface area contributed by atoms with E-state index in [4.69, 9.17) is 16.3 Å². The van der Waals surface area contributed by atoms with Gasteiger partial charge in [-0.3, -0.25) is 14.6 Å². The normalized spacial score (nSPS) is 11.4. The number of carbonyl (C=O) groups excluding carboxylic acids is 2. The number of benzene rings is 3. The highest BCUT2D eigenvalue weighted by atomic mass is 35.5. The van der Waals surface area contributed by atoms with Gasteiger partial charge < -0.3 is 15.0 Å². The van der Waals surface area contributed by atoms with Gasteiger partial charge in [0.25, 0.3) is 5.91 Å². The molecule has 0 bridgehead atoms. The Morgan fingerprint density at radius 2 is 1.47 bits per heavy atom. The number of nitrogens with zero attached hydrogens (tertiary/aromatic N) is 2. The Bertz CT molecular complexity index is 1270. The molecular weight excluding hydrogens is 474 g/mol. The van der Waals surface area contributed by atoms with Gasteiger partial charge in [-0.25, -0.2) is 0 Å². The maximum atomic E-state index is 13.6. The molecule has 1 atom stereocenters. The molecule has 1 aromatic heterocycles. The van der Waals surface area contributed by atoms with Crippen molar-refractivity contribution in [3.05, 3.63) is 131 Å². The Labute approximate surface area is 215 Å². The molecule has 3 aromatic carbocycles. The van der Waals surface area contributed by atoms with Crippen LogP contribution in [0, 0.1) is 0 Å². The van der Waals surface area contributed by atoms with E-state index in [1.165, 1.54) is 0 Å². The van der Waals surface area contributed by atoms with Crippen LogP contribution in [-0.2, 0) is 22.7 Å². The molecule has 1 N–H and O–H groups in total. The first-order valence-corrected chi connectivity index (χ1v) is 11.9. The molecule has 0 unspecified atom stereocenters. The molecule has 0 spiro atoms. The molecule has 182 valence electrons. The minimum atomic E-state index is -0.865. The third-order valence-corrected chi connectivity index (χ3v) is 5.91. The largest absolute Gasteiger partial charge is 0.482 e. The monoisotopic (exact) mass is 499 g/mol. The molecule has 4 aromatic rings. The van der Waals surface area contributed by atoms with Gasteiger partial charge in [0.1, 0.15) is 11.8 Å². The summed E-state index contributed by atoms with van der Waals surface area (Å²) in [4.78, 5) is 32.8. The smallest absolute Gasteiger partial charge is 0.261 e. The lowest BCUT2D eigenvalue weighted by molar-refractivity contribution is -0.143. The van der Waals surface area contributed by atoms with Gasteiger partial charge in [-0.1, -0.05) is 84.4 Å². The van der Waals surface area contributed by atoms with Crippen molar-refractivity contribution in [2.75, 3.05) is 6.61 Å². The molecule has 0 radical (unpaired) electrons. The molecule has 2 amide bonds. The lowest BCUT2D eigenvalue weighted by Gasteiger charge is -2.31. The zero-order valence-corrected chi connectivity index (χ0v) is 20.3. The average molecular weight is 500 g/mol. The Hall–Kier alpha value is -4.16. The average Bonchev–Trinajstić information content (AvgIpc) is 2.92. The molecule has 4 rings (SSSR count). The fourth-order valence-corrected chi connectivity index (χ4v) is 3.97. The molecule has 0 aliphatic heterocycles. The van der Waals surface area contributed by atoms with Crippen LogP contribution in [0.5, 0.6) is 5.75 Å². The number of carbonyl (C=O) groups is 2. The van der Waals surface area contributed by atoms with E-state index in [0.29, 0.717) is 22.9 Å². The van der Waals surface area contributed by atoms with E-state index >= 15 is 0 Å². The second kappa shape index (κ2) is 12.5. The van der Waals surface area contributed by atoms with Crippen molar-refractivity contribution in [1.29, 1.82) is 0 Å². The van der Waals surface area contributed by atoms with Crippen molar-refractivity contribution in [3.8, 4) is 5.75 Å². The molecule has 0 fully saturated rings. The fourth-order valence-electron chi connectivity index (χ4n) is 3.78. The van der Waals surface area contributed by atoms with Crippen LogP contribution in [0.3, 0.4) is 0 Å². The van der Waals surface area contributed by atoms with Crippen LogP contribution in [0.2, 0.25) is 5.02 Å². The number of pyridine rings is 1. The Morgan fingerprint density at radius 1 is 0.833 bits per heavy atom. The van der Waals surface area contributed by atoms with Crippen LogP contribution in [-0.4, -0.2) is 28.3 Å². The minimum absolute atomic E-state index is 0.230. The summed E-state index contributed by atoms with van der Waals surface area (Å²) >= 11 is 6.21. The molecule has 0 saturated heterocycles. The first-order chi connectivity index (χ1) is 17.6. The van der Waals surface area contributed by atoms with E-state index in [1.54, 1.807) is 41.6 Å². The first-order valence-electron chi connectivity index (χ1n) is 11.5. The highest BCUT2D eigenvalue weighted by Gasteiger charge is 2.31. The third-order valence-electron chi connectivity index (χ3n) is 5.60. The van der Waals surface area contributed by atoms with Gasteiger partial charge >= 0.3 is 0 Å². The zero-order valence-electron chi connectivity index (χ0n) is 19.6. The number of halogens is 1. The topological polar surface area (TPSA) is 71.5 Å². The summed E-state index contributed by atoms with van der Waals surface area (Å²) in [5.74, 6) is -0.225.